The van der Waals surface area contributed by atoms with Gasteiger partial charge in [0.1, 0.15) is 6.61 Å². The van der Waals surface area contributed by atoms with Gasteiger partial charge in [0.15, 0.2) is 17.3 Å². The van der Waals surface area contributed by atoms with Crippen molar-refractivity contribution in [2.75, 3.05) is 59.1 Å². The van der Waals surface area contributed by atoms with Gasteiger partial charge in [0.05, 0.1) is 41.1 Å². The molecule has 3 aromatic rings. The zero-order chi connectivity index (χ0) is 27.1. The first-order valence-electron chi connectivity index (χ1n) is 12.3. The maximum atomic E-state index is 13.6. The van der Waals surface area contributed by atoms with E-state index >= 15 is 0 Å². The molecule has 0 saturated carbocycles. The summed E-state index contributed by atoms with van der Waals surface area (Å²) in [6, 6.07) is 18.3. The largest absolute Gasteiger partial charge is 0.493 e. The maximum Gasteiger partial charge on any atom is 0.324 e. The molecule has 3 aromatic carbocycles. The number of aliphatic hydroxyl groups is 1. The normalized spacial score (nSPS) is 13.1. The van der Waals surface area contributed by atoms with Crippen molar-refractivity contribution in [2.45, 2.75) is 6.54 Å². The second-order valence-corrected chi connectivity index (χ2v) is 8.71. The lowest BCUT2D eigenvalue weighted by atomic mass is 10.0. The molecule has 1 heterocycles. The molecule has 0 bridgehead atoms. The molecule has 0 aromatic heterocycles. The number of Topliss-reactive ketones (excluding diaryl/α,β-unsaturated/α-hetero) is 1. The Morgan fingerprint density at radius 3 is 2.00 bits per heavy atom. The highest BCUT2D eigenvalue weighted by Crippen LogP contribution is 2.41. The molecule has 1 fully saturated rings. The minimum Gasteiger partial charge on any atom is -0.493 e. The molecule has 200 valence electrons. The Hall–Kier alpha value is -4.08. The van der Waals surface area contributed by atoms with E-state index in [2.05, 4.69) is 0 Å². The SMILES string of the molecule is COc1cc(-c2ccc(N(Cc3ccc(C(=O)CO)cc3)C(=O)N3CCOCC3)cc2)cc(OC)c1OC. The number of hydrogen-bond acceptors (Lipinski definition) is 7. The first-order chi connectivity index (χ1) is 18.5. The van der Waals surface area contributed by atoms with E-state index in [9.17, 15) is 9.59 Å². The molecule has 1 aliphatic heterocycles. The van der Waals surface area contributed by atoms with Crippen molar-refractivity contribution in [2.24, 2.45) is 0 Å². The topological polar surface area (TPSA) is 97.8 Å². The van der Waals surface area contributed by atoms with Gasteiger partial charge in [0.2, 0.25) is 5.75 Å². The molecule has 0 aliphatic carbocycles. The van der Waals surface area contributed by atoms with E-state index in [0.29, 0.717) is 55.7 Å². The van der Waals surface area contributed by atoms with Gasteiger partial charge < -0.3 is 29.0 Å². The van der Waals surface area contributed by atoms with Crippen LogP contribution in [0, 0.1) is 0 Å². The van der Waals surface area contributed by atoms with Crippen LogP contribution in [0.2, 0.25) is 0 Å². The van der Waals surface area contributed by atoms with E-state index in [0.717, 1.165) is 22.4 Å². The number of carbonyl (C=O) groups excluding carboxylic acids is 2. The van der Waals surface area contributed by atoms with Gasteiger partial charge in [-0.05, 0) is 41.0 Å². The summed E-state index contributed by atoms with van der Waals surface area (Å²) in [6.07, 6.45) is 0. The minimum absolute atomic E-state index is 0.121. The Bertz CT molecular complexity index is 1230. The third kappa shape index (κ3) is 5.90. The number of hydrogen-bond donors (Lipinski definition) is 1. The third-order valence-corrected chi connectivity index (χ3v) is 6.45. The monoisotopic (exact) mass is 520 g/mol. The van der Waals surface area contributed by atoms with E-state index in [1.54, 1.807) is 55.4 Å². The number of rotatable bonds is 9. The van der Waals surface area contributed by atoms with E-state index < -0.39 is 6.61 Å². The standard InChI is InChI=1S/C29H32N2O7/c1-35-26-16-23(17-27(36-2)28(26)37-3)21-8-10-24(11-9-21)31(29(34)30-12-14-38-15-13-30)18-20-4-6-22(7-5-20)25(33)19-32/h4-11,16-17,32H,12-15,18-19H2,1-3H3. The lowest BCUT2D eigenvalue weighted by Crippen LogP contribution is -2.48. The minimum atomic E-state index is -0.542. The molecule has 0 unspecified atom stereocenters. The molecule has 4 rings (SSSR count). The maximum absolute atomic E-state index is 13.6. The molecule has 9 nitrogen and oxygen atoms in total. The number of morpholine rings is 1. The van der Waals surface area contributed by atoms with Crippen molar-refractivity contribution < 1.29 is 33.6 Å². The molecule has 0 radical (unpaired) electrons. The van der Waals surface area contributed by atoms with Crippen LogP contribution in [-0.2, 0) is 11.3 Å². The van der Waals surface area contributed by atoms with Crippen molar-refractivity contribution in [3.8, 4) is 28.4 Å². The first kappa shape index (κ1) is 27.0. The summed E-state index contributed by atoms with van der Waals surface area (Å²) in [4.78, 5) is 28.9. The van der Waals surface area contributed by atoms with Crippen LogP contribution in [0.1, 0.15) is 15.9 Å². The number of nitrogens with zero attached hydrogens (tertiary/aromatic N) is 2. The third-order valence-electron chi connectivity index (χ3n) is 6.45. The Morgan fingerprint density at radius 1 is 0.868 bits per heavy atom. The van der Waals surface area contributed by atoms with Crippen LogP contribution in [0.15, 0.2) is 60.7 Å². The number of carbonyl (C=O) groups is 2. The molecule has 38 heavy (non-hydrogen) atoms. The van der Waals surface area contributed by atoms with Crippen LogP contribution >= 0.6 is 0 Å². The molecule has 9 heteroatoms. The lowest BCUT2D eigenvalue weighted by Gasteiger charge is -2.33. The van der Waals surface area contributed by atoms with Crippen LogP contribution in [0.4, 0.5) is 10.5 Å². The van der Waals surface area contributed by atoms with Crippen LogP contribution in [0.5, 0.6) is 17.2 Å². The Balaban J connectivity index is 1.64. The van der Waals surface area contributed by atoms with Gasteiger partial charge in [0, 0.05) is 24.3 Å². The fraction of sp³-hybridized carbons (Fsp3) is 0.310. The van der Waals surface area contributed by atoms with E-state index in [1.165, 1.54) is 0 Å². The molecular formula is C29H32N2O7. The fourth-order valence-corrected chi connectivity index (χ4v) is 4.35. The van der Waals surface area contributed by atoms with Crippen molar-refractivity contribution in [3.63, 3.8) is 0 Å². The molecule has 1 N–H and O–H groups in total. The summed E-state index contributed by atoms with van der Waals surface area (Å²) in [5.41, 5.74) is 3.81. The van der Waals surface area contributed by atoms with Crippen LogP contribution in [0.25, 0.3) is 11.1 Å². The molecule has 0 atom stereocenters. The second kappa shape index (κ2) is 12.4. The van der Waals surface area contributed by atoms with Crippen LogP contribution in [-0.4, -0.2) is 76.1 Å². The number of amides is 2. The van der Waals surface area contributed by atoms with Gasteiger partial charge in [-0.15, -0.1) is 0 Å². The number of benzene rings is 3. The Kier molecular flexibility index (Phi) is 8.83. The smallest absolute Gasteiger partial charge is 0.324 e. The number of methoxy groups -OCH3 is 3. The zero-order valence-electron chi connectivity index (χ0n) is 21.8. The van der Waals surface area contributed by atoms with Crippen molar-refractivity contribution in [1.29, 1.82) is 0 Å². The van der Waals surface area contributed by atoms with Gasteiger partial charge >= 0.3 is 6.03 Å². The summed E-state index contributed by atoms with van der Waals surface area (Å²) in [5, 5.41) is 9.12. The van der Waals surface area contributed by atoms with Gasteiger partial charge in [-0.25, -0.2) is 4.79 Å². The average molecular weight is 521 g/mol. The summed E-state index contributed by atoms with van der Waals surface area (Å²) in [5.74, 6) is 1.28. The average Bonchev–Trinajstić information content (AvgIpc) is 2.99. The number of anilines is 1. The van der Waals surface area contributed by atoms with Gasteiger partial charge in [-0.2, -0.15) is 0 Å². The first-order valence-corrected chi connectivity index (χ1v) is 12.3. The summed E-state index contributed by atoms with van der Waals surface area (Å²) in [6.45, 7) is 1.80. The number of aliphatic hydroxyl groups excluding tert-OH is 1. The molecule has 1 saturated heterocycles. The molecule has 1 aliphatic rings. The molecule has 2 amide bonds. The van der Waals surface area contributed by atoms with Gasteiger partial charge in [0.25, 0.3) is 0 Å². The summed E-state index contributed by atoms with van der Waals surface area (Å²) >= 11 is 0. The number of urea groups is 1. The second-order valence-electron chi connectivity index (χ2n) is 8.71. The predicted molar refractivity (Wildman–Crippen MR) is 143 cm³/mol. The van der Waals surface area contributed by atoms with Crippen molar-refractivity contribution >= 4 is 17.5 Å². The quantitative estimate of drug-likeness (QED) is 0.426. The summed E-state index contributed by atoms with van der Waals surface area (Å²) < 4.78 is 21.8. The number of ether oxygens (including phenoxy) is 4. The van der Waals surface area contributed by atoms with Crippen molar-refractivity contribution in [3.05, 3.63) is 71.8 Å². The van der Waals surface area contributed by atoms with Gasteiger partial charge in [-0.3, -0.25) is 9.69 Å². The fourth-order valence-electron chi connectivity index (χ4n) is 4.35. The van der Waals surface area contributed by atoms with Crippen LogP contribution in [0.3, 0.4) is 0 Å². The zero-order valence-corrected chi connectivity index (χ0v) is 21.8. The Morgan fingerprint density at radius 2 is 1.47 bits per heavy atom. The Labute approximate surface area is 222 Å². The highest BCUT2D eigenvalue weighted by Gasteiger charge is 2.25. The highest BCUT2D eigenvalue weighted by atomic mass is 16.5. The summed E-state index contributed by atoms with van der Waals surface area (Å²) in [7, 11) is 4.71. The molecule has 0 spiro atoms. The van der Waals surface area contributed by atoms with Crippen LogP contribution < -0.4 is 19.1 Å². The van der Waals surface area contributed by atoms with E-state index in [-0.39, 0.29) is 11.8 Å². The highest BCUT2D eigenvalue weighted by molar-refractivity contribution is 5.97. The van der Waals surface area contributed by atoms with Gasteiger partial charge in [-0.1, -0.05) is 36.4 Å². The van der Waals surface area contributed by atoms with E-state index in [4.69, 9.17) is 24.1 Å². The molecular weight excluding hydrogens is 488 g/mol. The van der Waals surface area contributed by atoms with E-state index in [1.807, 2.05) is 36.4 Å². The lowest BCUT2D eigenvalue weighted by molar-refractivity contribution is 0.0548. The van der Waals surface area contributed by atoms with Crippen molar-refractivity contribution in [1.82, 2.24) is 4.90 Å². The predicted octanol–water partition coefficient (Wildman–Crippen LogP) is 4.01. The number of ketones is 1.